The maximum absolute atomic E-state index is 14.5. The van der Waals surface area contributed by atoms with E-state index in [0.29, 0.717) is 0 Å². The predicted molar refractivity (Wildman–Crippen MR) is 64.8 cm³/mol. The molecule has 24 heteroatoms. The molecule has 3 aliphatic rings. The van der Waals surface area contributed by atoms with Crippen LogP contribution in [0.1, 0.15) is 0 Å². The summed E-state index contributed by atoms with van der Waals surface area (Å²) in [5.41, 5.74) is -35.9. The predicted octanol–water partition coefficient (Wildman–Crippen LogP) is 7.21. The maximum Gasteiger partial charge on any atom is 0.379 e. The zero-order valence-corrected chi connectivity index (χ0v) is 16.1. The normalized spacial score (nSPS) is 47.4. The van der Waals surface area contributed by atoms with Gasteiger partial charge < -0.3 is 0 Å². The fraction of sp³-hybridized carbons (Fsp3) is 1.00. The molecule has 0 spiro atoms. The zero-order chi connectivity index (χ0) is 31.0. The summed E-state index contributed by atoms with van der Waals surface area (Å²) in [5.74, 6) is -89.5. The average molecular weight is 624 g/mol. The molecule has 0 nitrogen and oxygen atoms in total. The van der Waals surface area contributed by atoms with Crippen LogP contribution in [-0.2, 0) is 0 Å². The third-order valence-corrected chi connectivity index (χ3v) is 6.78. The highest BCUT2D eigenvalue weighted by molar-refractivity contribution is 5.48. The number of alkyl halides is 24. The molecular formula is C14F24. The van der Waals surface area contributed by atoms with Gasteiger partial charge in [-0.2, -0.15) is 87.8 Å². The average Bonchev–Trinajstić information content (AvgIpc) is 2.73. The molecule has 3 saturated carbocycles. The summed E-state index contributed by atoms with van der Waals surface area (Å²) < 4.78 is 335. The first kappa shape index (κ1) is 30.9. The van der Waals surface area contributed by atoms with Gasteiger partial charge in [-0.3, -0.25) is 0 Å². The second kappa shape index (κ2) is 6.14. The Hall–Kier alpha value is -1.68. The molecular weight excluding hydrogens is 624 g/mol. The summed E-state index contributed by atoms with van der Waals surface area (Å²) >= 11 is 0. The largest absolute Gasteiger partial charge is 0.379 e. The summed E-state index contributed by atoms with van der Waals surface area (Å²) in [6.07, 6.45) is 0. The molecule has 3 rings (SSSR count). The SMILES string of the molecule is FC1(F)C(F)(F)C2(F)C(F)(F)C(F)(F)C2(F)C(F)(F)C(F)(F)C(F)(F)C2(F)C(F)(F)C(F)(F)C2(F)C1(F)F. The Morgan fingerprint density at radius 3 is 0.316 bits per heavy atom. The topological polar surface area (TPSA) is 0 Å². The quantitative estimate of drug-likeness (QED) is 0.250. The van der Waals surface area contributed by atoms with Crippen LogP contribution in [0.3, 0.4) is 0 Å². The van der Waals surface area contributed by atoms with Crippen LogP contribution in [0, 0.1) is 0 Å². The molecule has 3 fully saturated rings. The Bertz CT molecular complexity index is 906. The van der Waals surface area contributed by atoms with Crippen LogP contribution in [0.2, 0.25) is 0 Å². The standard InChI is InChI=1S/C14F24/c15-1-2(16,6(21,22)5(1,19)20)10(29,30)14(37,38)12(33,34)4(18)3(17,7(23,24)8(4,25)26)11(31,32)13(35,36)9(1,27)28. The summed E-state index contributed by atoms with van der Waals surface area (Å²) in [4.78, 5) is 0. The summed E-state index contributed by atoms with van der Waals surface area (Å²) in [5, 5.41) is 0. The molecule has 4 unspecified atom stereocenters. The summed E-state index contributed by atoms with van der Waals surface area (Å²) in [6.45, 7) is 0. The molecule has 0 bridgehead atoms. The molecule has 0 aromatic heterocycles. The maximum atomic E-state index is 14.5. The Morgan fingerprint density at radius 2 is 0.211 bits per heavy atom. The van der Waals surface area contributed by atoms with Gasteiger partial charge in [-0.05, 0) is 0 Å². The van der Waals surface area contributed by atoms with Crippen LogP contribution in [0.15, 0.2) is 0 Å². The lowest BCUT2D eigenvalue weighted by Gasteiger charge is -2.67. The van der Waals surface area contributed by atoms with Crippen molar-refractivity contribution < 1.29 is 105 Å². The minimum Gasteiger partial charge on any atom is -0.226 e. The van der Waals surface area contributed by atoms with Gasteiger partial charge in [0.25, 0.3) is 22.7 Å². The third-order valence-electron chi connectivity index (χ3n) is 6.78. The van der Waals surface area contributed by atoms with Crippen molar-refractivity contribution in [2.45, 2.75) is 81.9 Å². The van der Waals surface area contributed by atoms with Crippen LogP contribution in [-0.4, -0.2) is 81.9 Å². The first-order chi connectivity index (χ1) is 16.0. The van der Waals surface area contributed by atoms with E-state index in [1.54, 1.807) is 0 Å². The number of fused-ring (bicyclic) bond motifs is 2. The Balaban J connectivity index is 2.71. The van der Waals surface area contributed by atoms with Crippen LogP contribution in [0.25, 0.3) is 0 Å². The highest BCUT2D eigenvalue weighted by Gasteiger charge is 3.19. The fourth-order valence-electron chi connectivity index (χ4n) is 4.52. The van der Waals surface area contributed by atoms with Crippen molar-refractivity contribution >= 4 is 0 Å². The Kier molecular flexibility index (Phi) is 4.98. The lowest BCUT2D eigenvalue weighted by atomic mass is 9.47. The molecule has 0 aromatic carbocycles. The van der Waals surface area contributed by atoms with Crippen LogP contribution >= 0.6 is 0 Å². The van der Waals surface area contributed by atoms with Crippen molar-refractivity contribution in [1.29, 1.82) is 0 Å². The number of hydrogen-bond acceptors (Lipinski definition) is 0. The monoisotopic (exact) mass is 624 g/mol. The molecule has 4 atom stereocenters. The van der Waals surface area contributed by atoms with E-state index in [-0.39, 0.29) is 0 Å². The van der Waals surface area contributed by atoms with Crippen LogP contribution < -0.4 is 0 Å². The van der Waals surface area contributed by atoms with Gasteiger partial charge in [-0.25, -0.2) is 17.6 Å². The van der Waals surface area contributed by atoms with E-state index in [4.69, 9.17) is 0 Å². The van der Waals surface area contributed by atoms with Crippen molar-refractivity contribution in [2.75, 3.05) is 0 Å². The second-order valence-corrected chi connectivity index (χ2v) is 8.38. The zero-order valence-electron chi connectivity index (χ0n) is 16.1. The molecule has 38 heavy (non-hydrogen) atoms. The van der Waals surface area contributed by atoms with Gasteiger partial charge >= 0.3 is 59.2 Å². The van der Waals surface area contributed by atoms with Gasteiger partial charge in [-0.15, -0.1) is 0 Å². The fourth-order valence-corrected chi connectivity index (χ4v) is 4.52. The second-order valence-electron chi connectivity index (χ2n) is 8.38. The Labute approximate surface area is 188 Å². The van der Waals surface area contributed by atoms with E-state index in [1.165, 1.54) is 0 Å². The highest BCUT2D eigenvalue weighted by Crippen LogP contribution is 2.85. The summed E-state index contributed by atoms with van der Waals surface area (Å²) in [6, 6.07) is 0. The van der Waals surface area contributed by atoms with E-state index < -0.39 is 81.9 Å². The minimum absolute atomic E-state index is 8.37. The Morgan fingerprint density at radius 1 is 0.132 bits per heavy atom. The lowest BCUT2D eigenvalue weighted by molar-refractivity contribution is -0.581. The van der Waals surface area contributed by atoms with Crippen molar-refractivity contribution in [3.63, 3.8) is 0 Å². The number of rotatable bonds is 0. The van der Waals surface area contributed by atoms with Gasteiger partial charge in [0.2, 0.25) is 0 Å². The van der Waals surface area contributed by atoms with E-state index in [0.717, 1.165) is 0 Å². The van der Waals surface area contributed by atoms with Gasteiger partial charge in [0.1, 0.15) is 0 Å². The first-order valence-corrected chi connectivity index (χ1v) is 8.54. The lowest BCUT2D eigenvalue weighted by Crippen LogP contribution is -3.03. The van der Waals surface area contributed by atoms with E-state index in [2.05, 4.69) is 0 Å². The molecule has 224 valence electrons. The molecule has 0 aromatic rings. The highest BCUT2D eigenvalue weighted by atomic mass is 19.4. The molecule has 0 heterocycles. The van der Waals surface area contributed by atoms with E-state index >= 15 is 0 Å². The van der Waals surface area contributed by atoms with Crippen molar-refractivity contribution in [2.24, 2.45) is 0 Å². The van der Waals surface area contributed by atoms with Gasteiger partial charge in [0.15, 0.2) is 0 Å². The van der Waals surface area contributed by atoms with Gasteiger partial charge in [-0.1, -0.05) is 0 Å². The smallest absolute Gasteiger partial charge is 0.226 e. The van der Waals surface area contributed by atoms with Gasteiger partial charge in [0.05, 0.1) is 0 Å². The molecule has 0 saturated heterocycles. The number of halogens is 24. The van der Waals surface area contributed by atoms with E-state index in [1.807, 2.05) is 0 Å². The van der Waals surface area contributed by atoms with Crippen molar-refractivity contribution in [1.82, 2.24) is 0 Å². The summed E-state index contributed by atoms with van der Waals surface area (Å²) in [7, 11) is 0. The molecule has 0 N–H and O–H groups in total. The first-order valence-electron chi connectivity index (χ1n) is 8.54. The van der Waals surface area contributed by atoms with Crippen molar-refractivity contribution in [3.05, 3.63) is 0 Å². The minimum atomic E-state index is -9.36. The molecule has 0 amide bonds. The van der Waals surface area contributed by atoms with Crippen molar-refractivity contribution in [3.8, 4) is 0 Å². The van der Waals surface area contributed by atoms with Gasteiger partial charge in [0, 0.05) is 0 Å². The van der Waals surface area contributed by atoms with E-state index in [9.17, 15) is 105 Å². The molecule has 0 radical (unpaired) electrons. The number of hydrogen-bond donors (Lipinski definition) is 0. The molecule has 0 aliphatic heterocycles. The van der Waals surface area contributed by atoms with Crippen LogP contribution in [0.5, 0.6) is 0 Å². The molecule has 3 aliphatic carbocycles. The van der Waals surface area contributed by atoms with Crippen LogP contribution in [0.4, 0.5) is 105 Å². The third kappa shape index (κ3) is 1.88.